The fourth-order valence-corrected chi connectivity index (χ4v) is 11.3. The largest absolute Gasteiger partial charge is 0.394 e. The molecule has 0 radical (unpaired) electrons. The Balaban J connectivity index is 1.46. The number of rotatable bonds is 52. The van der Waals surface area contributed by atoms with Crippen LogP contribution in [0.2, 0.25) is 0 Å². The van der Waals surface area contributed by atoms with Crippen LogP contribution in [0.15, 0.2) is 72.9 Å². The van der Waals surface area contributed by atoms with Gasteiger partial charge in [0.1, 0.15) is 73.2 Å². The standard InChI is InChI=1S/C70H123NO18/c1-3-5-7-9-11-13-15-17-19-21-23-24-25-26-27-28-30-32-34-36-38-40-42-44-46-48-58(76)71-53(54(75)47-45-43-41-39-37-35-33-31-29-22-20-18-16-14-12-10-8-6-4-2)52-84-68-64(82)61(79)66(56(50-73)86-68)89-70-65(83)62(80)67(57(51-74)87-70)88-69-63(81)60(78)59(77)55(49-72)85-69/h15,17,21,23,25-26,29,31,37,39,45,47,53-57,59-70,72-75,77-83H,3-14,16,18-20,22,24,27-28,30,32-36,38,40-44,46,48-52H2,1-2H3,(H,71,76)/b17-15-,23-21-,26-25-,31-29+,39-37+,47-45+. The highest BCUT2D eigenvalue weighted by Crippen LogP contribution is 2.33. The predicted octanol–water partition coefficient (Wildman–Crippen LogP) is 8.94. The van der Waals surface area contributed by atoms with E-state index in [2.05, 4.69) is 79.9 Å². The van der Waals surface area contributed by atoms with Gasteiger partial charge in [0.2, 0.25) is 5.91 Å². The van der Waals surface area contributed by atoms with Crippen molar-refractivity contribution in [2.45, 2.75) is 336 Å². The molecule has 0 aromatic carbocycles. The van der Waals surface area contributed by atoms with E-state index in [0.29, 0.717) is 12.8 Å². The van der Waals surface area contributed by atoms with Crippen molar-refractivity contribution in [3.8, 4) is 0 Å². The van der Waals surface area contributed by atoms with Crippen molar-refractivity contribution >= 4 is 5.91 Å². The van der Waals surface area contributed by atoms with Crippen LogP contribution in [0.4, 0.5) is 0 Å². The number of unbranched alkanes of at least 4 members (excludes halogenated alkanes) is 26. The van der Waals surface area contributed by atoms with Crippen molar-refractivity contribution in [1.29, 1.82) is 0 Å². The maximum atomic E-state index is 13.4. The smallest absolute Gasteiger partial charge is 0.220 e. The maximum absolute atomic E-state index is 13.4. The van der Waals surface area contributed by atoms with Crippen molar-refractivity contribution in [1.82, 2.24) is 5.32 Å². The Bertz CT molecular complexity index is 1900. The summed E-state index contributed by atoms with van der Waals surface area (Å²) >= 11 is 0. The van der Waals surface area contributed by atoms with Crippen LogP contribution in [0, 0.1) is 0 Å². The second-order valence-corrected chi connectivity index (χ2v) is 24.6. The molecule has 0 spiro atoms. The molecule has 3 heterocycles. The summed E-state index contributed by atoms with van der Waals surface area (Å²) in [5.41, 5.74) is 0. The highest BCUT2D eigenvalue weighted by atomic mass is 16.8. The SMILES string of the molecule is CCCCCCC/C=C\C/C=C\C/C=C\CCCCCCCCCCCCC(=O)NC(COC1OC(CO)C(OC2OC(CO)C(OC3OC(CO)C(O)C(O)C3O)C(O)C2O)C(O)C1O)C(O)/C=C/CC/C=C/CC/C=C/CCCCCCCCCCC. The topological polar surface area (TPSA) is 307 Å². The molecular weight excluding hydrogens is 1140 g/mol. The van der Waals surface area contributed by atoms with Crippen LogP contribution < -0.4 is 5.32 Å². The molecule has 17 unspecified atom stereocenters. The Labute approximate surface area is 534 Å². The Morgan fingerprint density at radius 3 is 1.20 bits per heavy atom. The predicted molar refractivity (Wildman–Crippen MR) is 346 cm³/mol. The van der Waals surface area contributed by atoms with Crippen LogP contribution >= 0.6 is 0 Å². The summed E-state index contributed by atoms with van der Waals surface area (Å²) in [6.45, 7) is 1.69. The third-order valence-corrected chi connectivity index (χ3v) is 17.0. The lowest BCUT2D eigenvalue weighted by Gasteiger charge is -2.48. The number of aliphatic hydroxyl groups excluding tert-OH is 11. The van der Waals surface area contributed by atoms with Crippen molar-refractivity contribution in [2.24, 2.45) is 0 Å². The molecule has 0 aliphatic carbocycles. The molecule has 0 aromatic rings. The fourth-order valence-electron chi connectivity index (χ4n) is 11.3. The Kier molecular flexibility index (Phi) is 46.7. The van der Waals surface area contributed by atoms with E-state index in [4.69, 9.17) is 28.4 Å². The number of aliphatic hydroxyl groups is 11. The first kappa shape index (κ1) is 80.5. The van der Waals surface area contributed by atoms with Gasteiger partial charge in [0.15, 0.2) is 18.9 Å². The first-order chi connectivity index (χ1) is 43.3. The molecule has 0 aromatic heterocycles. The Morgan fingerprint density at radius 1 is 0.404 bits per heavy atom. The molecule has 19 nitrogen and oxygen atoms in total. The number of carbonyl (C=O) groups excluding carboxylic acids is 1. The zero-order chi connectivity index (χ0) is 64.7. The molecule has 3 aliphatic rings. The van der Waals surface area contributed by atoms with Gasteiger partial charge in [-0.1, -0.05) is 215 Å². The number of allylic oxidation sites excluding steroid dienone is 11. The third-order valence-electron chi connectivity index (χ3n) is 17.0. The van der Waals surface area contributed by atoms with Crippen LogP contribution in [0.5, 0.6) is 0 Å². The van der Waals surface area contributed by atoms with Gasteiger partial charge in [-0.05, 0) is 83.5 Å². The molecule has 3 rings (SSSR count). The summed E-state index contributed by atoms with van der Waals surface area (Å²) in [7, 11) is 0. The molecule has 0 saturated carbocycles. The highest BCUT2D eigenvalue weighted by Gasteiger charge is 2.53. The van der Waals surface area contributed by atoms with Crippen molar-refractivity contribution in [3.05, 3.63) is 72.9 Å². The van der Waals surface area contributed by atoms with Gasteiger partial charge in [0.25, 0.3) is 0 Å². The van der Waals surface area contributed by atoms with Crippen molar-refractivity contribution in [3.63, 3.8) is 0 Å². The average Bonchev–Trinajstić information content (AvgIpc) is 2.44. The van der Waals surface area contributed by atoms with Gasteiger partial charge in [-0.25, -0.2) is 0 Å². The minimum absolute atomic E-state index is 0.224. The molecular formula is C70H123NO18. The van der Waals surface area contributed by atoms with Crippen molar-refractivity contribution < 1.29 is 89.4 Å². The lowest BCUT2D eigenvalue weighted by molar-refractivity contribution is -0.379. The van der Waals surface area contributed by atoms with Crippen LogP contribution in [-0.4, -0.2) is 193 Å². The van der Waals surface area contributed by atoms with Gasteiger partial charge in [0.05, 0.1) is 38.6 Å². The van der Waals surface area contributed by atoms with E-state index in [-0.39, 0.29) is 18.9 Å². The number of amides is 1. The molecule has 516 valence electrons. The second-order valence-electron chi connectivity index (χ2n) is 24.6. The summed E-state index contributed by atoms with van der Waals surface area (Å²) in [4.78, 5) is 13.4. The zero-order valence-corrected chi connectivity index (χ0v) is 54.4. The summed E-state index contributed by atoms with van der Waals surface area (Å²) in [6.07, 6.45) is 37.3. The van der Waals surface area contributed by atoms with E-state index in [9.17, 15) is 61.0 Å². The van der Waals surface area contributed by atoms with Gasteiger partial charge in [-0.3, -0.25) is 4.79 Å². The zero-order valence-electron chi connectivity index (χ0n) is 54.4. The summed E-state index contributed by atoms with van der Waals surface area (Å²) in [5, 5.41) is 120. The molecule has 19 heteroatoms. The highest BCUT2D eigenvalue weighted by molar-refractivity contribution is 5.76. The van der Waals surface area contributed by atoms with E-state index in [1.165, 1.54) is 128 Å². The quantitative estimate of drug-likeness (QED) is 0.0200. The lowest BCUT2D eigenvalue weighted by atomic mass is 9.96. The normalized spacial score (nSPS) is 28.7. The molecule has 12 N–H and O–H groups in total. The van der Waals surface area contributed by atoms with E-state index in [1.54, 1.807) is 6.08 Å². The van der Waals surface area contributed by atoms with E-state index in [0.717, 1.165) is 70.6 Å². The summed E-state index contributed by atoms with van der Waals surface area (Å²) in [6, 6.07) is -1.00. The number of hydrogen-bond donors (Lipinski definition) is 12. The number of carbonyl (C=O) groups is 1. The molecule has 17 atom stereocenters. The summed E-state index contributed by atoms with van der Waals surface area (Å²) in [5.74, 6) is -0.295. The van der Waals surface area contributed by atoms with Gasteiger partial charge < -0.3 is 89.9 Å². The summed E-state index contributed by atoms with van der Waals surface area (Å²) < 4.78 is 34.3. The second kappa shape index (κ2) is 51.6. The first-order valence-electron chi connectivity index (χ1n) is 34.7. The van der Waals surface area contributed by atoms with Gasteiger partial charge >= 0.3 is 0 Å². The number of ether oxygens (including phenoxy) is 6. The molecule has 3 fully saturated rings. The van der Waals surface area contributed by atoms with Crippen LogP contribution in [0.1, 0.15) is 232 Å². The molecule has 3 saturated heterocycles. The Hall–Kier alpha value is -2.77. The van der Waals surface area contributed by atoms with Crippen LogP contribution in [0.25, 0.3) is 0 Å². The Morgan fingerprint density at radius 2 is 0.753 bits per heavy atom. The van der Waals surface area contributed by atoms with Gasteiger partial charge in [-0.2, -0.15) is 0 Å². The monoisotopic (exact) mass is 1270 g/mol. The van der Waals surface area contributed by atoms with Crippen LogP contribution in [0.3, 0.4) is 0 Å². The first-order valence-corrected chi connectivity index (χ1v) is 34.7. The lowest BCUT2D eigenvalue weighted by Crippen LogP contribution is -2.66. The fraction of sp³-hybridized carbons (Fsp3) is 0.814. The number of nitrogens with one attached hydrogen (secondary N) is 1. The minimum atomic E-state index is -1.99. The van der Waals surface area contributed by atoms with Crippen LogP contribution in [-0.2, 0) is 33.2 Å². The number of hydrogen-bond acceptors (Lipinski definition) is 18. The van der Waals surface area contributed by atoms with Gasteiger partial charge in [0, 0.05) is 6.42 Å². The maximum Gasteiger partial charge on any atom is 0.220 e. The van der Waals surface area contributed by atoms with E-state index in [1.807, 2.05) is 6.08 Å². The molecule has 0 bridgehead atoms. The van der Waals surface area contributed by atoms with E-state index < -0.39 is 124 Å². The minimum Gasteiger partial charge on any atom is -0.394 e. The molecule has 3 aliphatic heterocycles. The average molecular weight is 1270 g/mol. The van der Waals surface area contributed by atoms with E-state index >= 15 is 0 Å². The van der Waals surface area contributed by atoms with Crippen molar-refractivity contribution in [2.75, 3.05) is 26.4 Å². The molecule has 89 heavy (non-hydrogen) atoms. The van der Waals surface area contributed by atoms with Gasteiger partial charge in [-0.15, -0.1) is 0 Å². The molecule has 1 amide bonds. The third kappa shape index (κ3) is 33.8.